The lowest BCUT2D eigenvalue weighted by atomic mass is 9.87. The van der Waals surface area contributed by atoms with Gasteiger partial charge in [-0.05, 0) is 61.0 Å². The third-order valence-electron chi connectivity index (χ3n) is 4.49. The summed E-state index contributed by atoms with van der Waals surface area (Å²) in [5.41, 5.74) is -2.91. The number of pyridine rings is 1. The highest BCUT2D eigenvalue weighted by atomic mass is 35.5. The van der Waals surface area contributed by atoms with Crippen LogP contribution in [-0.2, 0) is 11.7 Å². The minimum Gasteiger partial charge on any atom is -0.323 e. The monoisotopic (exact) mass is 455 g/mol. The van der Waals surface area contributed by atoms with E-state index in [9.17, 15) is 26.7 Å². The summed E-state index contributed by atoms with van der Waals surface area (Å²) in [7, 11) is 0. The summed E-state index contributed by atoms with van der Waals surface area (Å²) in [5.74, 6) is -1.74. The topological polar surface area (TPSA) is 54.0 Å². The first-order valence-corrected chi connectivity index (χ1v) is 9.20. The van der Waals surface area contributed by atoms with Gasteiger partial charge in [-0.2, -0.15) is 13.2 Å². The lowest BCUT2D eigenvalue weighted by Gasteiger charge is -2.31. The van der Waals surface area contributed by atoms with Gasteiger partial charge in [0, 0.05) is 11.9 Å². The van der Waals surface area contributed by atoms with Crippen LogP contribution in [0.1, 0.15) is 23.7 Å². The molecule has 3 aromatic rings. The normalized spacial score (nSPS) is 13.4. The average molecular weight is 456 g/mol. The fourth-order valence-corrected chi connectivity index (χ4v) is 3.07. The SMILES string of the molecule is CC(NC(=O)Nc1cccc(F)c1)(c1cc(F)cc(C(F)(F)F)c1)c1ccc(Cl)cn1. The number of urea groups is 1. The molecular weight excluding hydrogens is 441 g/mol. The smallest absolute Gasteiger partial charge is 0.323 e. The molecule has 3 rings (SSSR count). The maximum absolute atomic E-state index is 14.1. The van der Waals surface area contributed by atoms with Gasteiger partial charge < -0.3 is 10.6 Å². The molecule has 0 aliphatic rings. The van der Waals surface area contributed by atoms with Crippen molar-refractivity contribution in [2.75, 3.05) is 5.32 Å². The fourth-order valence-electron chi connectivity index (χ4n) is 2.95. The van der Waals surface area contributed by atoms with Gasteiger partial charge in [-0.25, -0.2) is 13.6 Å². The van der Waals surface area contributed by atoms with E-state index in [1.807, 2.05) is 0 Å². The minimum atomic E-state index is -4.81. The van der Waals surface area contributed by atoms with Crippen LogP contribution >= 0.6 is 11.6 Å². The van der Waals surface area contributed by atoms with Gasteiger partial charge in [-0.15, -0.1) is 0 Å². The summed E-state index contributed by atoms with van der Waals surface area (Å²) in [4.78, 5) is 16.7. The van der Waals surface area contributed by atoms with Crippen LogP contribution in [0.4, 0.5) is 32.4 Å². The zero-order valence-electron chi connectivity index (χ0n) is 15.9. The summed E-state index contributed by atoms with van der Waals surface area (Å²) in [6.07, 6.45) is -3.57. The van der Waals surface area contributed by atoms with Crippen LogP contribution in [0.5, 0.6) is 0 Å². The number of hydrogen-bond donors (Lipinski definition) is 2. The molecule has 1 aromatic heterocycles. The molecule has 0 fully saturated rings. The van der Waals surface area contributed by atoms with Gasteiger partial charge in [0.15, 0.2) is 0 Å². The van der Waals surface area contributed by atoms with Gasteiger partial charge in [0.05, 0.1) is 16.3 Å². The Morgan fingerprint density at radius 1 is 0.968 bits per heavy atom. The Morgan fingerprint density at radius 2 is 1.68 bits per heavy atom. The molecule has 162 valence electrons. The molecule has 1 atom stereocenters. The van der Waals surface area contributed by atoms with Crippen molar-refractivity contribution in [1.29, 1.82) is 0 Å². The van der Waals surface area contributed by atoms with Crippen molar-refractivity contribution >= 4 is 23.3 Å². The molecule has 2 aromatic carbocycles. The van der Waals surface area contributed by atoms with Crippen molar-refractivity contribution < 1.29 is 26.7 Å². The number of nitrogens with zero attached hydrogens (tertiary/aromatic N) is 1. The number of carbonyl (C=O) groups excluding carboxylic acids is 1. The first-order valence-electron chi connectivity index (χ1n) is 8.82. The Morgan fingerprint density at radius 3 is 2.29 bits per heavy atom. The molecule has 2 amide bonds. The van der Waals surface area contributed by atoms with Crippen molar-refractivity contribution in [3.05, 3.63) is 94.3 Å². The Balaban J connectivity index is 2.05. The second-order valence-corrected chi connectivity index (χ2v) is 7.24. The van der Waals surface area contributed by atoms with Crippen LogP contribution in [-0.4, -0.2) is 11.0 Å². The number of halogens is 6. The number of benzene rings is 2. The quantitative estimate of drug-likeness (QED) is 0.466. The Bertz CT molecular complexity index is 1100. The number of hydrogen-bond acceptors (Lipinski definition) is 2. The van der Waals surface area contributed by atoms with Gasteiger partial charge in [0.25, 0.3) is 0 Å². The van der Waals surface area contributed by atoms with Gasteiger partial charge in [0.1, 0.15) is 17.2 Å². The second kappa shape index (κ2) is 8.50. The molecule has 1 heterocycles. The van der Waals surface area contributed by atoms with Crippen LogP contribution in [0.3, 0.4) is 0 Å². The Hall–Kier alpha value is -3.20. The number of carbonyl (C=O) groups is 1. The highest BCUT2D eigenvalue weighted by Crippen LogP contribution is 2.35. The summed E-state index contributed by atoms with van der Waals surface area (Å²) >= 11 is 5.84. The molecule has 0 spiro atoms. The predicted molar refractivity (Wildman–Crippen MR) is 106 cm³/mol. The summed E-state index contributed by atoms with van der Waals surface area (Å²) in [6.45, 7) is 1.36. The fraction of sp³-hybridized carbons (Fsp3) is 0.143. The number of alkyl halides is 3. The first-order chi connectivity index (χ1) is 14.5. The molecular formula is C21H15ClF5N3O. The lowest BCUT2D eigenvalue weighted by molar-refractivity contribution is -0.137. The summed E-state index contributed by atoms with van der Waals surface area (Å²) < 4.78 is 67.2. The van der Waals surface area contributed by atoms with Crippen LogP contribution in [0.25, 0.3) is 0 Å². The van der Waals surface area contributed by atoms with Crippen LogP contribution in [0.2, 0.25) is 5.02 Å². The van der Waals surface area contributed by atoms with Crippen molar-refractivity contribution in [3.63, 3.8) is 0 Å². The Labute approximate surface area is 179 Å². The third-order valence-corrected chi connectivity index (χ3v) is 4.71. The van der Waals surface area contributed by atoms with Crippen molar-refractivity contribution in [2.45, 2.75) is 18.6 Å². The van der Waals surface area contributed by atoms with Gasteiger partial charge in [-0.3, -0.25) is 4.98 Å². The molecule has 0 radical (unpaired) electrons. The van der Waals surface area contributed by atoms with Gasteiger partial charge in [-0.1, -0.05) is 17.7 Å². The van der Waals surface area contributed by atoms with E-state index in [2.05, 4.69) is 15.6 Å². The zero-order valence-corrected chi connectivity index (χ0v) is 16.7. The third kappa shape index (κ3) is 5.29. The molecule has 1 unspecified atom stereocenters. The highest BCUT2D eigenvalue weighted by Gasteiger charge is 2.37. The number of amides is 2. The van der Waals surface area contributed by atoms with E-state index in [-0.39, 0.29) is 22.0 Å². The highest BCUT2D eigenvalue weighted by molar-refractivity contribution is 6.30. The maximum atomic E-state index is 14.1. The predicted octanol–water partition coefficient (Wildman–Crippen LogP) is 6.12. The molecule has 0 aliphatic carbocycles. The molecule has 0 saturated carbocycles. The average Bonchev–Trinajstić information content (AvgIpc) is 2.67. The molecule has 0 bridgehead atoms. The first kappa shape index (κ1) is 22.5. The number of nitrogens with one attached hydrogen (secondary N) is 2. The molecule has 10 heteroatoms. The van der Waals surface area contributed by atoms with E-state index in [1.165, 1.54) is 43.5 Å². The summed E-state index contributed by atoms with van der Waals surface area (Å²) in [6, 6.07) is 8.92. The number of anilines is 1. The van der Waals surface area contributed by atoms with E-state index in [0.717, 1.165) is 18.2 Å². The molecule has 0 aliphatic heterocycles. The minimum absolute atomic E-state index is 0.102. The number of aromatic nitrogens is 1. The number of rotatable bonds is 4. The Kier molecular flexibility index (Phi) is 6.17. The second-order valence-electron chi connectivity index (χ2n) is 6.80. The molecule has 0 saturated heterocycles. The standard InChI is InChI=1S/C21H15ClF5N3O/c1-20(18-6-5-14(22)11-28-18,12-7-13(21(25,26)27)9-16(24)8-12)30-19(31)29-17-4-2-3-15(23)10-17/h2-11H,1H3,(H2,29,30,31). The van der Waals surface area contributed by atoms with E-state index in [0.29, 0.717) is 6.07 Å². The van der Waals surface area contributed by atoms with E-state index in [1.54, 1.807) is 0 Å². The van der Waals surface area contributed by atoms with E-state index >= 15 is 0 Å². The van der Waals surface area contributed by atoms with Gasteiger partial charge >= 0.3 is 12.2 Å². The van der Waals surface area contributed by atoms with E-state index < -0.39 is 34.9 Å². The van der Waals surface area contributed by atoms with E-state index in [4.69, 9.17) is 11.6 Å². The zero-order chi connectivity index (χ0) is 22.8. The summed E-state index contributed by atoms with van der Waals surface area (Å²) in [5, 5.41) is 5.15. The van der Waals surface area contributed by atoms with Crippen LogP contribution < -0.4 is 10.6 Å². The van der Waals surface area contributed by atoms with Gasteiger partial charge in [0.2, 0.25) is 0 Å². The van der Waals surface area contributed by atoms with Crippen LogP contribution in [0, 0.1) is 11.6 Å². The lowest BCUT2D eigenvalue weighted by Crippen LogP contribution is -2.47. The van der Waals surface area contributed by atoms with Crippen molar-refractivity contribution in [2.24, 2.45) is 0 Å². The van der Waals surface area contributed by atoms with Crippen LogP contribution in [0.15, 0.2) is 60.8 Å². The maximum Gasteiger partial charge on any atom is 0.416 e. The molecule has 2 N–H and O–H groups in total. The van der Waals surface area contributed by atoms with Crippen molar-refractivity contribution in [1.82, 2.24) is 10.3 Å². The van der Waals surface area contributed by atoms with Crippen molar-refractivity contribution in [3.8, 4) is 0 Å². The molecule has 31 heavy (non-hydrogen) atoms. The molecule has 4 nitrogen and oxygen atoms in total. The largest absolute Gasteiger partial charge is 0.416 e.